The van der Waals surface area contributed by atoms with Crippen LogP contribution in [-0.4, -0.2) is 35.0 Å². The fourth-order valence-corrected chi connectivity index (χ4v) is 1.39. The van der Waals surface area contributed by atoms with Crippen molar-refractivity contribution < 1.29 is 23.8 Å². The molecule has 1 aromatic carbocycles. The van der Waals surface area contributed by atoms with E-state index in [0.29, 0.717) is 5.89 Å². The lowest BCUT2D eigenvalue weighted by Gasteiger charge is -1.99. The number of aliphatic carboxylic acids is 1. The number of aromatic nitrogens is 2. The third kappa shape index (κ3) is 3.52. The van der Waals surface area contributed by atoms with Crippen LogP contribution < -0.4 is 4.74 Å². The number of carboxylic acids is 1. The van der Waals surface area contributed by atoms with Gasteiger partial charge in [-0.15, -0.1) is 10.2 Å². The highest BCUT2D eigenvalue weighted by Crippen LogP contribution is 2.21. The minimum absolute atomic E-state index is 0.0323. The van der Waals surface area contributed by atoms with Gasteiger partial charge in [0.05, 0.1) is 7.11 Å². The van der Waals surface area contributed by atoms with Crippen LogP contribution in [0.25, 0.3) is 11.5 Å². The second kappa shape index (κ2) is 5.96. The fraction of sp³-hybridized carbons (Fsp3) is 0.250. The Kier molecular flexibility index (Phi) is 4.09. The lowest BCUT2D eigenvalue weighted by Crippen LogP contribution is -2.06. The van der Waals surface area contributed by atoms with Gasteiger partial charge in [0.1, 0.15) is 19.0 Å². The van der Waals surface area contributed by atoms with Gasteiger partial charge in [-0.1, -0.05) is 0 Å². The van der Waals surface area contributed by atoms with Crippen molar-refractivity contribution in [1.29, 1.82) is 0 Å². The van der Waals surface area contributed by atoms with Crippen LogP contribution in [-0.2, 0) is 16.1 Å². The van der Waals surface area contributed by atoms with Crippen LogP contribution in [0.5, 0.6) is 5.75 Å². The predicted octanol–water partition coefficient (Wildman–Crippen LogP) is 1.35. The van der Waals surface area contributed by atoms with E-state index in [1.165, 1.54) is 0 Å². The number of nitrogens with zero attached hydrogens (tertiary/aromatic N) is 2. The molecule has 19 heavy (non-hydrogen) atoms. The zero-order valence-electron chi connectivity index (χ0n) is 10.2. The maximum absolute atomic E-state index is 10.3. The van der Waals surface area contributed by atoms with Crippen molar-refractivity contribution >= 4 is 5.97 Å². The molecule has 0 saturated carbocycles. The van der Waals surface area contributed by atoms with Gasteiger partial charge in [0.2, 0.25) is 11.8 Å². The van der Waals surface area contributed by atoms with E-state index in [4.69, 9.17) is 19.0 Å². The van der Waals surface area contributed by atoms with Gasteiger partial charge in [0.25, 0.3) is 0 Å². The summed E-state index contributed by atoms with van der Waals surface area (Å²) in [5.74, 6) is 0.256. The molecule has 0 unspecified atom stereocenters. The molecule has 0 saturated heterocycles. The second-order valence-corrected chi connectivity index (χ2v) is 3.62. The monoisotopic (exact) mass is 264 g/mol. The Bertz CT molecular complexity index is 550. The highest BCUT2D eigenvalue weighted by atomic mass is 16.5. The van der Waals surface area contributed by atoms with Crippen LogP contribution >= 0.6 is 0 Å². The van der Waals surface area contributed by atoms with E-state index in [1.54, 1.807) is 31.4 Å². The molecule has 0 aliphatic heterocycles. The van der Waals surface area contributed by atoms with Crippen molar-refractivity contribution in [2.75, 3.05) is 13.7 Å². The van der Waals surface area contributed by atoms with E-state index in [0.717, 1.165) is 11.3 Å². The molecule has 1 aromatic heterocycles. The molecule has 1 N–H and O–H groups in total. The molecule has 0 aliphatic carbocycles. The van der Waals surface area contributed by atoms with Gasteiger partial charge in [-0.2, -0.15) is 0 Å². The molecule has 7 heteroatoms. The molecule has 0 aliphatic rings. The van der Waals surface area contributed by atoms with Crippen molar-refractivity contribution in [3.05, 3.63) is 30.2 Å². The molecule has 0 amide bonds. The number of rotatable bonds is 6. The summed E-state index contributed by atoms with van der Waals surface area (Å²) < 4.78 is 15.2. The average Bonchev–Trinajstić information content (AvgIpc) is 2.87. The first-order chi connectivity index (χ1) is 9.19. The van der Waals surface area contributed by atoms with Gasteiger partial charge >= 0.3 is 5.97 Å². The zero-order chi connectivity index (χ0) is 13.7. The number of benzene rings is 1. The standard InChI is InChI=1S/C12H12N2O5/c1-17-9-4-2-8(3-5-9)12-14-13-10(19-12)6-18-7-11(15)16/h2-5H,6-7H2,1H3,(H,15,16). The molecule has 2 rings (SSSR count). The normalized spacial score (nSPS) is 10.4. The Hall–Kier alpha value is -2.41. The van der Waals surface area contributed by atoms with Gasteiger partial charge in [0.15, 0.2) is 0 Å². The number of hydrogen-bond donors (Lipinski definition) is 1. The summed E-state index contributed by atoms with van der Waals surface area (Å²) in [6, 6.07) is 7.13. The highest BCUT2D eigenvalue weighted by Gasteiger charge is 2.09. The highest BCUT2D eigenvalue weighted by molar-refractivity contribution is 5.67. The Balaban J connectivity index is 2.01. The summed E-state index contributed by atoms with van der Waals surface area (Å²) in [6.07, 6.45) is 0. The number of carbonyl (C=O) groups is 1. The van der Waals surface area contributed by atoms with Gasteiger partial charge in [0, 0.05) is 5.56 Å². The first-order valence-corrected chi connectivity index (χ1v) is 5.45. The second-order valence-electron chi connectivity index (χ2n) is 3.62. The molecule has 2 aromatic rings. The van der Waals surface area contributed by atoms with E-state index in [2.05, 4.69) is 10.2 Å². The molecule has 0 atom stereocenters. The lowest BCUT2D eigenvalue weighted by molar-refractivity contribution is -0.142. The maximum atomic E-state index is 10.3. The molecular formula is C12H12N2O5. The summed E-state index contributed by atoms with van der Waals surface area (Å²) >= 11 is 0. The molecule has 100 valence electrons. The molecule has 0 bridgehead atoms. The first kappa shape index (κ1) is 13.0. The number of carboxylic acid groups (broad SMARTS) is 1. The molecule has 7 nitrogen and oxygen atoms in total. The van der Waals surface area contributed by atoms with Crippen LogP contribution in [0, 0.1) is 0 Å². The van der Waals surface area contributed by atoms with Crippen molar-refractivity contribution in [2.24, 2.45) is 0 Å². The third-order valence-electron chi connectivity index (χ3n) is 2.25. The molecular weight excluding hydrogens is 252 g/mol. The van der Waals surface area contributed by atoms with Gasteiger partial charge in [-0.3, -0.25) is 0 Å². The summed E-state index contributed by atoms with van der Waals surface area (Å²) in [5, 5.41) is 16.0. The lowest BCUT2D eigenvalue weighted by atomic mass is 10.2. The Labute approximate surface area is 108 Å². The number of hydrogen-bond acceptors (Lipinski definition) is 6. The Morgan fingerprint density at radius 1 is 1.32 bits per heavy atom. The number of ether oxygens (including phenoxy) is 2. The van der Waals surface area contributed by atoms with E-state index >= 15 is 0 Å². The summed E-state index contributed by atoms with van der Waals surface area (Å²) in [6.45, 7) is -0.435. The molecule has 0 fully saturated rings. The largest absolute Gasteiger partial charge is 0.497 e. The van der Waals surface area contributed by atoms with E-state index in [9.17, 15) is 4.79 Å². The van der Waals surface area contributed by atoms with E-state index in [-0.39, 0.29) is 12.5 Å². The molecule has 0 spiro atoms. The van der Waals surface area contributed by atoms with Crippen LogP contribution in [0.3, 0.4) is 0 Å². The smallest absolute Gasteiger partial charge is 0.329 e. The van der Waals surface area contributed by atoms with Gasteiger partial charge in [-0.25, -0.2) is 4.79 Å². The van der Waals surface area contributed by atoms with Crippen LogP contribution in [0.1, 0.15) is 5.89 Å². The SMILES string of the molecule is COc1ccc(-c2nnc(COCC(=O)O)o2)cc1. The van der Waals surface area contributed by atoms with Gasteiger partial charge in [-0.05, 0) is 24.3 Å². The number of methoxy groups -OCH3 is 1. The van der Waals surface area contributed by atoms with Crippen LogP contribution in [0.4, 0.5) is 0 Å². The van der Waals surface area contributed by atoms with Gasteiger partial charge < -0.3 is 19.0 Å². The minimum atomic E-state index is -1.05. The summed E-state index contributed by atoms with van der Waals surface area (Å²) in [7, 11) is 1.58. The average molecular weight is 264 g/mol. The first-order valence-electron chi connectivity index (χ1n) is 5.45. The Morgan fingerprint density at radius 2 is 2.05 bits per heavy atom. The summed E-state index contributed by atoms with van der Waals surface area (Å²) in [5.41, 5.74) is 0.748. The maximum Gasteiger partial charge on any atom is 0.329 e. The Morgan fingerprint density at radius 3 is 2.68 bits per heavy atom. The molecule has 1 heterocycles. The zero-order valence-corrected chi connectivity index (χ0v) is 10.2. The third-order valence-corrected chi connectivity index (χ3v) is 2.25. The van der Waals surface area contributed by atoms with Crippen molar-refractivity contribution in [3.8, 4) is 17.2 Å². The topological polar surface area (TPSA) is 94.7 Å². The predicted molar refractivity (Wildman–Crippen MR) is 63.6 cm³/mol. The minimum Gasteiger partial charge on any atom is -0.497 e. The quantitative estimate of drug-likeness (QED) is 0.841. The van der Waals surface area contributed by atoms with E-state index in [1.807, 2.05) is 0 Å². The van der Waals surface area contributed by atoms with Crippen LogP contribution in [0.15, 0.2) is 28.7 Å². The van der Waals surface area contributed by atoms with Crippen molar-refractivity contribution in [1.82, 2.24) is 10.2 Å². The van der Waals surface area contributed by atoms with Crippen LogP contribution in [0.2, 0.25) is 0 Å². The molecule has 0 radical (unpaired) electrons. The van der Waals surface area contributed by atoms with Crippen molar-refractivity contribution in [2.45, 2.75) is 6.61 Å². The summed E-state index contributed by atoms with van der Waals surface area (Å²) in [4.78, 5) is 10.3. The van der Waals surface area contributed by atoms with E-state index < -0.39 is 12.6 Å². The van der Waals surface area contributed by atoms with Crippen molar-refractivity contribution in [3.63, 3.8) is 0 Å². The fourth-order valence-electron chi connectivity index (χ4n) is 1.39.